The number of halogens is 5. The van der Waals surface area contributed by atoms with Crippen molar-refractivity contribution in [3.63, 3.8) is 0 Å². The maximum Gasteiger partial charge on any atom is 0.416 e. The molecule has 0 saturated carbocycles. The predicted molar refractivity (Wildman–Crippen MR) is 123 cm³/mol. The van der Waals surface area contributed by atoms with Gasteiger partial charge in [-0.2, -0.15) is 33.3 Å². The van der Waals surface area contributed by atoms with Gasteiger partial charge in [0.05, 0.1) is 17.3 Å². The van der Waals surface area contributed by atoms with E-state index in [1.165, 1.54) is 23.5 Å². The second-order valence-electron chi connectivity index (χ2n) is 7.83. The van der Waals surface area contributed by atoms with Crippen LogP contribution in [0.1, 0.15) is 11.1 Å². The molecule has 0 unspecified atom stereocenters. The van der Waals surface area contributed by atoms with Crippen LogP contribution in [0.25, 0.3) is 11.1 Å². The van der Waals surface area contributed by atoms with Crippen molar-refractivity contribution in [2.24, 2.45) is 0 Å². The van der Waals surface area contributed by atoms with Crippen molar-refractivity contribution >= 4 is 34.6 Å². The first-order valence-corrected chi connectivity index (χ1v) is 11.3. The molecule has 1 aliphatic heterocycles. The van der Waals surface area contributed by atoms with Crippen LogP contribution in [0.4, 0.5) is 38.1 Å². The molecule has 1 fully saturated rings. The van der Waals surface area contributed by atoms with Crippen LogP contribution in [-0.4, -0.2) is 31.1 Å². The highest BCUT2D eigenvalue weighted by molar-refractivity contribution is 7.08. The lowest BCUT2D eigenvalue weighted by Crippen LogP contribution is -2.59. The molecular weight excluding hydrogens is 491 g/mol. The summed E-state index contributed by atoms with van der Waals surface area (Å²) < 4.78 is 68.7. The Morgan fingerprint density at radius 2 is 1.71 bits per heavy atom. The zero-order valence-corrected chi connectivity index (χ0v) is 18.7. The van der Waals surface area contributed by atoms with E-state index >= 15 is 0 Å². The molecule has 184 valence electrons. The zero-order chi connectivity index (χ0) is 25.2. The molecule has 0 aliphatic carbocycles. The summed E-state index contributed by atoms with van der Waals surface area (Å²) in [5.41, 5.74) is -0.746. The minimum absolute atomic E-state index is 0.0387. The van der Waals surface area contributed by atoms with Gasteiger partial charge in [0.15, 0.2) is 0 Å². The molecule has 12 heteroatoms. The number of nitrogens with one attached hydrogen (secondary N) is 4. The average Bonchev–Trinajstić information content (AvgIpc) is 3.30. The summed E-state index contributed by atoms with van der Waals surface area (Å²) >= 11 is 1.35. The number of carbonyl (C=O) groups excluding carboxylic acids is 2. The predicted octanol–water partition coefficient (Wildman–Crippen LogP) is 5.26. The van der Waals surface area contributed by atoms with Crippen molar-refractivity contribution in [2.45, 2.75) is 18.1 Å². The highest BCUT2D eigenvalue weighted by atomic mass is 32.1. The normalized spacial score (nSPS) is 14.2. The number of urea groups is 1. The van der Waals surface area contributed by atoms with Gasteiger partial charge < -0.3 is 21.3 Å². The van der Waals surface area contributed by atoms with Crippen molar-refractivity contribution in [1.82, 2.24) is 10.6 Å². The SMILES string of the molecule is O=C(Nc1cccc(C(F)(F)F)c1)Nc1cc(C(F)(F)C(=O)NC2CNC2)ccc1-c1ccsc1. The van der Waals surface area contributed by atoms with Gasteiger partial charge in [-0.05, 0) is 46.7 Å². The number of amides is 3. The van der Waals surface area contributed by atoms with Crippen molar-refractivity contribution in [3.8, 4) is 11.1 Å². The molecule has 4 rings (SSSR count). The first-order valence-electron chi connectivity index (χ1n) is 10.4. The first-order chi connectivity index (χ1) is 16.5. The van der Waals surface area contributed by atoms with Gasteiger partial charge in [-0.1, -0.05) is 18.2 Å². The summed E-state index contributed by atoms with van der Waals surface area (Å²) in [6, 6.07) is 7.82. The van der Waals surface area contributed by atoms with E-state index in [0.717, 1.165) is 30.3 Å². The molecular formula is C23H19F5N4O2S. The van der Waals surface area contributed by atoms with E-state index in [1.807, 2.05) is 0 Å². The van der Waals surface area contributed by atoms with Crippen LogP contribution in [0.3, 0.4) is 0 Å². The third-order valence-electron chi connectivity index (χ3n) is 5.31. The molecule has 2 heterocycles. The maximum absolute atomic E-state index is 14.9. The lowest BCUT2D eigenvalue weighted by molar-refractivity contribution is -0.148. The number of alkyl halides is 5. The fourth-order valence-corrected chi connectivity index (χ4v) is 4.02. The zero-order valence-electron chi connectivity index (χ0n) is 17.9. The molecule has 0 spiro atoms. The monoisotopic (exact) mass is 510 g/mol. The highest BCUT2D eigenvalue weighted by Crippen LogP contribution is 2.36. The molecule has 3 aromatic rings. The molecule has 6 nitrogen and oxygen atoms in total. The van der Waals surface area contributed by atoms with Gasteiger partial charge in [0.25, 0.3) is 5.91 Å². The molecule has 4 N–H and O–H groups in total. The summed E-state index contributed by atoms with van der Waals surface area (Å²) in [4.78, 5) is 24.8. The minimum Gasteiger partial charge on any atom is -0.345 e. The van der Waals surface area contributed by atoms with Gasteiger partial charge in [-0.25, -0.2) is 4.79 Å². The van der Waals surface area contributed by atoms with Gasteiger partial charge >= 0.3 is 18.1 Å². The summed E-state index contributed by atoms with van der Waals surface area (Å²) in [6.45, 7) is 0.781. The van der Waals surface area contributed by atoms with E-state index in [4.69, 9.17) is 0 Å². The number of anilines is 2. The summed E-state index contributed by atoms with van der Waals surface area (Å²) in [6.07, 6.45) is -4.60. The van der Waals surface area contributed by atoms with Crippen LogP contribution in [-0.2, 0) is 16.9 Å². The summed E-state index contributed by atoms with van der Waals surface area (Å²) in [5, 5.41) is 13.3. The first kappa shape index (κ1) is 24.6. The van der Waals surface area contributed by atoms with Crippen molar-refractivity contribution < 1.29 is 31.5 Å². The van der Waals surface area contributed by atoms with E-state index in [9.17, 15) is 31.5 Å². The minimum atomic E-state index is -4.60. The smallest absolute Gasteiger partial charge is 0.345 e. The number of benzene rings is 2. The number of carbonyl (C=O) groups is 2. The number of hydrogen-bond donors (Lipinski definition) is 4. The van der Waals surface area contributed by atoms with Crippen LogP contribution in [0.5, 0.6) is 0 Å². The van der Waals surface area contributed by atoms with Crippen LogP contribution < -0.4 is 21.3 Å². The lowest BCUT2D eigenvalue weighted by Gasteiger charge is -2.29. The maximum atomic E-state index is 14.9. The van der Waals surface area contributed by atoms with Gasteiger partial charge in [-0.3, -0.25) is 4.79 Å². The van der Waals surface area contributed by atoms with E-state index < -0.39 is 41.2 Å². The van der Waals surface area contributed by atoms with Gasteiger partial charge in [0.1, 0.15) is 0 Å². The van der Waals surface area contributed by atoms with Crippen molar-refractivity contribution in [1.29, 1.82) is 0 Å². The van der Waals surface area contributed by atoms with Gasteiger partial charge in [0, 0.05) is 29.9 Å². The summed E-state index contributed by atoms with van der Waals surface area (Å²) in [7, 11) is 0. The summed E-state index contributed by atoms with van der Waals surface area (Å²) in [5.74, 6) is -5.34. The Balaban J connectivity index is 1.59. The van der Waals surface area contributed by atoms with E-state index in [0.29, 0.717) is 24.2 Å². The van der Waals surface area contributed by atoms with E-state index in [2.05, 4.69) is 21.3 Å². The molecule has 0 radical (unpaired) electrons. The Labute approximate surface area is 200 Å². The third kappa shape index (κ3) is 5.60. The molecule has 1 aliphatic rings. The largest absolute Gasteiger partial charge is 0.416 e. The Bertz CT molecular complexity index is 1230. The van der Waals surface area contributed by atoms with Gasteiger partial charge in [-0.15, -0.1) is 0 Å². The Hall–Kier alpha value is -3.51. The molecule has 1 aromatic heterocycles. The second kappa shape index (κ2) is 9.62. The number of hydrogen-bond acceptors (Lipinski definition) is 4. The topological polar surface area (TPSA) is 82.3 Å². The van der Waals surface area contributed by atoms with Crippen LogP contribution in [0, 0.1) is 0 Å². The molecule has 0 atom stereocenters. The quantitative estimate of drug-likeness (QED) is 0.342. The molecule has 1 saturated heterocycles. The standard InChI is InChI=1S/C23H19F5N4O2S/c24-22(25,20(33)30-17-10-29-11-17)14-4-5-18(13-6-7-35-12-13)19(9-14)32-21(34)31-16-3-1-2-15(8-16)23(26,27)28/h1-9,12,17,29H,10-11H2,(H,30,33)(H2,31,32,34). The molecule has 2 aromatic carbocycles. The van der Waals surface area contributed by atoms with Gasteiger partial charge in [0.2, 0.25) is 0 Å². The second-order valence-corrected chi connectivity index (χ2v) is 8.61. The lowest BCUT2D eigenvalue weighted by atomic mass is 10.00. The Morgan fingerprint density at radius 1 is 0.943 bits per heavy atom. The molecule has 3 amide bonds. The average molecular weight is 510 g/mol. The molecule has 0 bridgehead atoms. The van der Waals surface area contributed by atoms with Crippen LogP contribution in [0.15, 0.2) is 59.3 Å². The Kier molecular flexibility index (Phi) is 6.77. The Morgan fingerprint density at radius 3 is 2.34 bits per heavy atom. The number of rotatable bonds is 6. The van der Waals surface area contributed by atoms with E-state index in [-0.39, 0.29) is 11.4 Å². The third-order valence-corrected chi connectivity index (χ3v) is 6.00. The van der Waals surface area contributed by atoms with Crippen LogP contribution in [0.2, 0.25) is 0 Å². The van der Waals surface area contributed by atoms with Crippen molar-refractivity contribution in [2.75, 3.05) is 23.7 Å². The van der Waals surface area contributed by atoms with E-state index in [1.54, 1.807) is 16.8 Å². The van der Waals surface area contributed by atoms with Crippen LogP contribution >= 0.6 is 11.3 Å². The fourth-order valence-electron chi connectivity index (χ4n) is 3.37. The highest BCUT2D eigenvalue weighted by Gasteiger charge is 2.42. The van der Waals surface area contributed by atoms with Crippen molar-refractivity contribution in [3.05, 3.63) is 70.4 Å². The fraction of sp³-hybridized carbons (Fsp3) is 0.217. The number of thiophene rings is 1. The molecule has 35 heavy (non-hydrogen) atoms.